The first-order valence-electron chi connectivity index (χ1n) is 6.67. The molecule has 0 amide bonds. The van der Waals surface area contributed by atoms with Gasteiger partial charge in [-0.3, -0.25) is 0 Å². The molecular formula is C15H21N3O2. The second-order valence-corrected chi connectivity index (χ2v) is 5.40. The van der Waals surface area contributed by atoms with Crippen LogP contribution in [0.2, 0.25) is 0 Å². The molecule has 0 bridgehead atoms. The molecule has 1 heterocycles. The van der Waals surface area contributed by atoms with Crippen LogP contribution in [0.15, 0.2) is 16.7 Å². The zero-order valence-corrected chi connectivity index (χ0v) is 12.6. The highest BCUT2D eigenvalue weighted by atomic mass is 16.5. The van der Waals surface area contributed by atoms with Gasteiger partial charge in [0.2, 0.25) is 5.82 Å². The normalized spacial score (nSPS) is 12.9. The summed E-state index contributed by atoms with van der Waals surface area (Å²) >= 11 is 0. The molecule has 2 N–H and O–H groups in total. The summed E-state index contributed by atoms with van der Waals surface area (Å²) in [6.45, 7) is 8.08. The molecule has 0 radical (unpaired) electrons. The number of nitrogen functional groups attached to an aromatic ring is 1. The second kappa shape index (κ2) is 5.63. The van der Waals surface area contributed by atoms with Crippen LogP contribution in [0.1, 0.15) is 36.9 Å². The van der Waals surface area contributed by atoms with Crippen LogP contribution in [-0.2, 0) is 4.74 Å². The highest BCUT2D eigenvalue weighted by Gasteiger charge is 2.22. The molecule has 2 rings (SSSR count). The van der Waals surface area contributed by atoms with Crippen molar-refractivity contribution in [1.29, 1.82) is 0 Å². The van der Waals surface area contributed by atoms with Crippen molar-refractivity contribution in [3.05, 3.63) is 29.1 Å². The number of methoxy groups -OCH3 is 1. The van der Waals surface area contributed by atoms with Gasteiger partial charge in [-0.1, -0.05) is 25.1 Å². The van der Waals surface area contributed by atoms with Crippen molar-refractivity contribution in [2.24, 2.45) is 5.92 Å². The maximum Gasteiger partial charge on any atom is 0.260 e. The number of nitrogens with two attached hydrogens (primary N) is 1. The highest BCUT2D eigenvalue weighted by Crippen LogP contribution is 2.30. The summed E-state index contributed by atoms with van der Waals surface area (Å²) in [6, 6.07) is 3.99. The Morgan fingerprint density at radius 1 is 1.25 bits per heavy atom. The average Bonchev–Trinajstić information content (AvgIpc) is 2.83. The van der Waals surface area contributed by atoms with E-state index in [2.05, 4.69) is 24.0 Å². The first-order valence-corrected chi connectivity index (χ1v) is 6.67. The minimum absolute atomic E-state index is 0.181. The molecule has 1 atom stereocenters. The molecule has 5 nitrogen and oxygen atoms in total. The molecule has 1 unspecified atom stereocenters. The zero-order valence-electron chi connectivity index (χ0n) is 12.6. The number of hydrogen-bond acceptors (Lipinski definition) is 5. The monoisotopic (exact) mass is 275 g/mol. The maximum absolute atomic E-state index is 6.10. The predicted octanol–water partition coefficient (Wildman–Crippen LogP) is 3.28. The third-order valence-corrected chi connectivity index (χ3v) is 3.32. The summed E-state index contributed by atoms with van der Waals surface area (Å²) in [5.74, 6) is 1.25. The molecule has 1 aromatic heterocycles. The molecule has 1 aromatic carbocycles. The van der Waals surface area contributed by atoms with E-state index >= 15 is 0 Å². The third-order valence-electron chi connectivity index (χ3n) is 3.32. The van der Waals surface area contributed by atoms with Crippen LogP contribution in [0.3, 0.4) is 0 Å². The Kier molecular flexibility index (Phi) is 4.09. The lowest BCUT2D eigenvalue weighted by atomic mass is 10.0. The van der Waals surface area contributed by atoms with E-state index in [4.69, 9.17) is 15.0 Å². The van der Waals surface area contributed by atoms with Gasteiger partial charge in [0.1, 0.15) is 6.10 Å². The number of ether oxygens (including phenoxy) is 1. The maximum atomic E-state index is 6.10. The van der Waals surface area contributed by atoms with Gasteiger partial charge in [-0.15, -0.1) is 0 Å². The summed E-state index contributed by atoms with van der Waals surface area (Å²) < 4.78 is 10.8. The van der Waals surface area contributed by atoms with E-state index in [0.29, 0.717) is 17.4 Å². The summed E-state index contributed by atoms with van der Waals surface area (Å²) in [4.78, 5) is 4.43. The first-order chi connectivity index (χ1) is 9.43. The molecular weight excluding hydrogens is 254 g/mol. The van der Waals surface area contributed by atoms with Gasteiger partial charge in [-0.2, -0.15) is 4.98 Å². The fourth-order valence-electron chi connectivity index (χ4n) is 2.29. The Balaban J connectivity index is 2.43. The zero-order chi connectivity index (χ0) is 14.9. The van der Waals surface area contributed by atoms with Gasteiger partial charge in [-0.05, 0) is 37.0 Å². The van der Waals surface area contributed by atoms with Gasteiger partial charge < -0.3 is 15.0 Å². The topological polar surface area (TPSA) is 74.2 Å². The van der Waals surface area contributed by atoms with Crippen LogP contribution in [0.25, 0.3) is 11.5 Å². The van der Waals surface area contributed by atoms with Crippen LogP contribution in [-0.4, -0.2) is 17.3 Å². The lowest BCUT2D eigenvalue weighted by Crippen LogP contribution is -2.10. The standard InChI is InChI=1S/C15H21N3O2/c1-8(2)13(19-5)14-17-15(20-18-14)11-7-9(3)6-10(4)12(11)16/h6-8,13H,16H2,1-5H3. The Morgan fingerprint density at radius 2 is 1.95 bits per heavy atom. The smallest absolute Gasteiger partial charge is 0.260 e. The van der Waals surface area contributed by atoms with Gasteiger partial charge in [0, 0.05) is 12.8 Å². The van der Waals surface area contributed by atoms with Crippen LogP contribution in [0, 0.1) is 19.8 Å². The number of rotatable bonds is 4. The van der Waals surface area contributed by atoms with Crippen LogP contribution >= 0.6 is 0 Å². The van der Waals surface area contributed by atoms with Gasteiger partial charge in [-0.25, -0.2) is 0 Å². The molecule has 0 spiro atoms. The Labute approximate surface area is 119 Å². The van der Waals surface area contributed by atoms with Crippen molar-refractivity contribution >= 4 is 5.69 Å². The molecule has 0 aliphatic carbocycles. The quantitative estimate of drug-likeness (QED) is 0.867. The van der Waals surface area contributed by atoms with Crippen molar-refractivity contribution in [1.82, 2.24) is 10.1 Å². The van der Waals surface area contributed by atoms with Gasteiger partial charge in [0.05, 0.1) is 5.56 Å². The Morgan fingerprint density at radius 3 is 2.55 bits per heavy atom. The number of nitrogens with zero attached hydrogens (tertiary/aromatic N) is 2. The van der Waals surface area contributed by atoms with E-state index in [1.807, 2.05) is 26.0 Å². The number of aryl methyl sites for hydroxylation is 2. The van der Waals surface area contributed by atoms with Crippen LogP contribution in [0.4, 0.5) is 5.69 Å². The van der Waals surface area contributed by atoms with Crippen molar-refractivity contribution in [3.8, 4) is 11.5 Å². The minimum atomic E-state index is -0.181. The van der Waals surface area contributed by atoms with Gasteiger partial charge in [0.15, 0.2) is 0 Å². The third kappa shape index (κ3) is 2.67. The fraction of sp³-hybridized carbons (Fsp3) is 0.467. The molecule has 5 heteroatoms. The van der Waals surface area contributed by atoms with Crippen molar-refractivity contribution in [2.75, 3.05) is 12.8 Å². The predicted molar refractivity (Wildman–Crippen MR) is 78.2 cm³/mol. The number of benzene rings is 1. The van der Waals surface area contributed by atoms with E-state index in [1.165, 1.54) is 0 Å². The second-order valence-electron chi connectivity index (χ2n) is 5.40. The lowest BCUT2D eigenvalue weighted by molar-refractivity contribution is 0.0556. The number of anilines is 1. The fourth-order valence-corrected chi connectivity index (χ4v) is 2.29. The van der Waals surface area contributed by atoms with E-state index in [-0.39, 0.29) is 12.0 Å². The molecule has 0 fully saturated rings. The average molecular weight is 275 g/mol. The Bertz CT molecular complexity index is 605. The van der Waals surface area contributed by atoms with Crippen molar-refractivity contribution < 1.29 is 9.26 Å². The highest BCUT2D eigenvalue weighted by molar-refractivity contribution is 5.74. The van der Waals surface area contributed by atoms with E-state index in [9.17, 15) is 0 Å². The number of aromatic nitrogens is 2. The molecule has 0 saturated heterocycles. The molecule has 108 valence electrons. The largest absolute Gasteiger partial charge is 0.398 e. The summed E-state index contributed by atoms with van der Waals surface area (Å²) in [5.41, 5.74) is 9.67. The number of hydrogen-bond donors (Lipinski definition) is 1. The summed E-state index contributed by atoms with van der Waals surface area (Å²) in [7, 11) is 1.64. The molecule has 0 aliphatic heterocycles. The molecule has 20 heavy (non-hydrogen) atoms. The first kappa shape index (κ1) is 14.5. The molecule has 0 aliphatic rings. The van der Waals surface area contributed by atoms with Crippen LogP contribution in [0.5, 0.6) is 0 Å². The minimum Gasteiger partial charge on any atom is -0.398 e. The molecule has 0 saturated carbocycles. The van der Waals surface area contributed by atoms with Crippen LogP contribution < -0.4 is 5.73 Å². The van der Waals surface area contributed by atoms with E-state index in [0.717, 1.165) is 16.7 Å². The van der Waals surface area contributed by atoms with Gasteiger partial charge in [0.25, 0.3) is 5.89 Å². The molecule has 2 aromatic rings. The SMILES string of the molecule is COC(c1noc(-c2cc(C)cc(C)c2N)n1)C(C)C. The van der Waals surface area contributed by atoms with E-state index < -0.39 is 0 Å². The van der Waals surface area contributed by atoms with E-state index in [1.54, 1.807) is 7.11 Å². The lowest BCUT2D eigenvalue weighted by Gasteiger charge is -2.14. The van der Waals surface area contributed by atoms with Crippen molar-refractivity contribution in [3.63, 3.8) is 0 Å². The van der Waals surface area contributed by atoms with Crippen molar-refractivity contribution in [2.45, 2.75) is 33.8 Å². The summed E-state index contributed by atoms with van der Waals surface area (Å²) in [6.07, 6.45) is -0.181. The summed E-state index contributed by atoms with van der Waals surface area (Å²) in [5, 5.41) is 4.02. The Hall–Kier alpha value is -1.88. The van der Waals surface area contributed by atoms with Gasteiger partial charge >= 0.3 is 0 Å².